The maximum Gasteiger partial charge on any atom is 0.0831 e. The van der Waals surface area contributed by atoms with Crippen molar-refractivity contribution in [3.8, 4) is 0 Å². The maximum atomic E-state index is 5.11. The Bertz CT molecular complexity index is 1140. The summed E-state index contributed by atoms with van der Waals surface area (Å²) in [4.78, 5) is 0. The molecule has 0 bridgehead atoms. The summed E-state index contributed by atoms with van der Waals surface area (Å²) in [7, 11) is 0. The van der Waals surface area contributed by atoms with Crippen molar-refractivity contribution in [2.45, 2.75) is 64.8 Å². The highest BCUT2D eigenvalue weighted by Crippen LogP contribution is 2.40. The van der Waals surface area contributed by atoms with Gasteiger partial charge in [0.25, 0.3) is 0 Å². The number of nitrogens with zero attached hydrogens (tertiary/aromatic N) is 2. The normalized spacial score (nSPS) is 17.0. The average molecular weight is 437 g/mol. The van der Waals surface area contributed by atoms with E-state index in [0.717, 1.165) is 17.8 Å². The number of hydrogen-bond donors (Lipinski definition) is 0. The van der Waals surface area contributed by atoms with E-state index < -0.39 is 0 Å². The molecule has 0 aliphatic carbocycles. The van der Waals surface area contributed by atoms with Gasteiger partial charge >= 0.3 is 0 Å². The second kappa shape index (κ2) is 9.02. The summed E-state index contributed by atoms with van der Waals surface area (Å²) in [5.41, 5.74) is 7.69. The van der Waals surface area contributed by atoms with Gasteiger partial charge in [-0.1, -0.05) is 114 Å². The molecule has 0 saturated carbocycles. The summed E-state index contributed by atoms with van der Waals surface area (Å²) in [6.45, 7) is 13.8. The number of rotatable bonds is 4. The first-order chi connectivity index (χ1) is 15.6. The molecule has 0 radical (unpaired) electrons. The van der Waals surface area contributed by atoms with Crippen LogP contribution in [0.2, 0.25) is 0 Å². The molecule has 170 valence electrons. The van der Waals surface area contributed by atoms with Crippen LogP contribution in [0.15, 0.2) is 90.0 Å². The predicted octanol–water partition coefficient (Wildman–Crippen LogP) is 8.30. The van der Waals surface area contributed by atoms with E-state index in [1.165, 1.54) is 22.3 Å². The Morgan fingerprint density at radius 3 is 1.94 bits per heavy atom. The summed E-state index contributed by atoms with van der Waals surface area (Å²) in [6.07, 6.45) is 5.21. The lowest BCUT2D eigenvalue weighted by molar-refractivity contribution is 0.529. The second-order valence-electron chi connectivity index (χ2n) is 11.0. The van der Waals surface area contributed by atoms with Gasteiger partial charge in [-0.25, -0.2) is 0 Å². The molecule has 0 amide bonds. The summed E-state index contributed by atoms with van der Waals surface area (Å²) in [5.74, 6) is 0. The molecule has 0 aromatic heterocycles. The first kappa shape index (κ1) is 23.0. The molecule has 1 atom stereocenters. The predicted molar refractivity (Wildman–Crippen MR) is 143 cm³/mol. The highest BCUT2D eigenvalue weighted by atomic mass is 15.5. The summed E-state index contributed by atoms with van der Waals surface area (Å²) in [5, 5.41) is 7.33. The van der Waals surface area contributed by atoms with E-state index in [9.17, 15) is 0 Å². The van der Waals surface area contributed by atoms with Gasteiger partial charge < -0.3 is 0 Å². The first-order valence-electron chi connectivity index (χ1n) is 11.9. The van der Waals surface area contributed by atoms with Crippen LogP contribution in [0.5, 0.6) is 0 Å². The molecule has 1 heterocycles. The van der Waals surface area contributed by atoms with Gasteiger partial charge in [0.15, 0.2) is 0 Å². The van der Waals surface area contributed by atoms with E-state index in [0.29, 0.717) is 0 Å². The fourth-order valence-electron chi connectivity index (χ4n) is 4.51. The van der Waals surface area contributed by atoms with Gasteiger partial charge in [-0.2, -0.15) is 5.10 Å². The van der Waals surface area contributed by atoms with E-state index in [-0.39, 0.29) is 16.9 Å². The zero-order valence-corrected chi connectivity index (χ0v) is 20.8. The standard InChI is InChI=1S/C31H36N2/c1-30(2,3)27-20-19-26(22-28(27)31(4,5)6)33-29(24-15-11-8-12-16-24)21-25(32-33)18-17-23-13-9-7-10-14-23/h7-20,22,29H,21H2,1-6H3. The van der Waals surface area contributed by atoms with Crippen LogP contribution < -0.4 is 5.01 Å². The van der Waals surface area contributed by atoms with Crippen LogP contribution in [0.3, 0.4) is 0 Å². The van der Waals surface area contributed by atoms with Crippen LogP contribution in [-0.2, 0) is 10.8 Å². The van der Waals surface area contributed by atoms with Crippen molar-refractivity contribution >= 4 is 17.5 Å². The van der Waals surface area contributed by atoms with Crippen LogP contribution >= 0.6 is 0 Å². The van der Waals surface area contributed by atoms with Crippen molar-refractivity contribution in [3.05, 3.63) is 107 Å². The van der Waals surface area contributed by atoms with Crippen LogP contribution in [0.1, 0.15) is 76.3 Å². The largest absolute Gasteiger partial charge is 0.257 e. The average Bonchev–Trinajstić information content (AvgIpc) is 3.22. The SMILES string of the molecule is CC(C)(C)c1ccc(N2N=C(C=Cc3ccccc3)CC2c2ccccc2)cc1C(C)(C)C. The Morgan fingerprint density at radius 1 is 0.727 bits per heavy atom. The first-order valence-corrected chi connectivity index (χ1v) is 11.9. The van der Waals surface area contributed by atoms with Gasteiger partial charge in [0.05, 0.1) is 17.4 Å². The highest BCUT2D eigenvalue weighted by molar-refractivity contribution is 6.01. The number of anilines is 1. The molecule has 0 spiro atoms. The summed E-state index contributed by atoms with van der Waals surface area (Å²) in [6, 6.07) is 28.3. The van der Waals surface area contributed by atoms with Crippen LogP contribution in [0.4, 0.5) is 5.69 Å². The molecular weight excluding hydrogens is 400 g/mol. The van der Waals surface area contributed by atoms with Gasteiger partial charge in [0.2, 0.25) is 0 Å². The fraction of sp³-hybridized carbons (Fsp3) is 0.323. The third-order valence-corrected chi connectivity index (χ3v) is 6.27. The molecule has 0 N–H and O–H groups in total. The topological polar surface area (TPSA) is 15.6 Å². The third kappa shape index (κ3) is 5.27. The van der Waals surface area contributed by atoms with Gasteiger partial charge in [-0.05, 0) is 51.3 Å². The summed E-state index contributed by atoms with van der Waals surface area (Å²) < 4.78 is 0. The van der Waals surface area contributed by atoms with Gasteiger partial charge in [-0.15, -0.1) is 0 Å². The monoisotopic (exact) mass is 436 g/mol. The Morgan fingerprint density at radius 2 is 1.33 bits per heavy atom. The third-order valence-electron chi connectivity index (χ3n) is 6.27. The molecule has 3 aromatic carbocycles. The minimum absolute atomic E-state index is 0.0559. The van der Waals surface area contributed by atoms with Gasteiger partial charge in [-0.3, -0.25) is 5.01 Å². The molecule has 1 unspecified atom stereocenters. The number of benzene rings is 3. The Labute approximate surface area is 199 Å². The van der Waals surface area contributed by atoms with Crippen LogP contribution in [0.25, 0.3) is 6.08 Å². The zero-order valence-electron chi connectivity index (χ0n) is 20.8. The zero-order chi connectivity index (χ0) is 23.6. The minimum atomic E-state index is 0.0559. The van der Waals surface area contributed by atoms with Crippen molar-refractivity contribution in [1.82, 2.24) is 0 Å². The van der Waals surface area contributed by atoms with E-state index in [1.807, 2.05) is 6.07 Å². The lowest BCUT2D eigenvalue weighted by Crippen LogP contribution is -2.24. The smallest absolute Gasteiger partial charge is 0.0831 e. The van der Waals surface area contributed by atoms with Crippen molar-refractivity contribution in [2.75, 3.05) is 5.01 Å². The van der Waals surface area contributed by atoms with E-state index >= 15 is 0 Å². The summed E-state index contributed by atoms with van der Waals surface area (Å²) >= 11 is 0. The van der Waals surface area contributed by atoms with Crippen molar-refractivity contribution in [1.29, 1.82) is 0 Å². The van der Waals surface area contributed by atoms with E-state index in [4.69, 9.17) is 5.10 Å². The molecule has 2 heteroatoms. The second-order valence-corrected chi connectivity index (χ2v) is 11.0. The van der Waals surface area contributed by atoms with Gasteiger partial charge in [0, 0.05) is 6.42 Å². The molecule has 0 saturated heterocycles. The van der Waals surface area contributed by atoms with Crippen LogP contribution in [-0.4, -0.2) is 5.71 Å². The maximum absolute atomic E-state index is 5.11. The quantitative estimate of drug-likeness (QED) is 0.401. The molecule has 4 rings (SSSR count). The lowest BCUT2D eigenvalue weighted by atomic mass is 9.75. The molecular formula is C31H36N2. The van der Waals surface area contributed by atoms with Crippen molar-refractivity contribution in [3.63, 3.8) is 0 Å². The molecule has 2 nitrogen and oxygen atoms in total. The number of allylic oxidation sites excluding steroid dienone is 1. The Kier molecular flexibility index (Phi) is 6.30. The fourth-order valence-corrected chi connectivity index (χ4v) is 4.51. The van der Waals surface area contributed by atoms with Crippen molar-refractivity contribution in [2.24, 2.45) is 5.10 Å². The van der Waals surface area contributed by atoms with Gasteiger partial charge in [0.1, 0.15) is 0 Å². The van der Waals surface area contributed by atoms with E-state index in [1.54, 1.807) is 0 Å². The Hall–Kier alpha value is -3.13. The number of hydrazone groups is 1. The van der Waals surface area contributed by atoms with Crippen LogP contribution in [0, 0.1) is 0 Å². The number of hydrogen-bond acceptors (Lipinski definition) is 2. The highest BCUT2D eigenvalue weighted by Gasteiger charge is 2.31. The Balaban J connectivity index is 1.76. The minimum Gasteiger partial charge on any atom is -0.257 e. The molecule has 3 aromatic rings. The molecule has 1 aliphatic rings. The van der Waals surface area contributed by atoms with E-state index in [2.05, 4.69) is 131 Å². The lowest BCUT2D eigenvalue weighted by Gasteiger charge is -2.32. The molecule has 0 fully saturated rings. The molecule has 1 aliphatic heterocycles. The van der Waals surface area contributed by atoms with Crippen molar-refractivity contribution < 1.29 is 0 Å². The molecule has 33 heavy (non-hydrogen) atoms.